The van der Waals surface area contributed by atoms with E-state index in [0.717, 1.165) is 17.7 Å². The Morgan fingerprint density at radius 1 is 1.16 bits per heavy atom. The lowest BCUT2D eigenvalue weighted by Crippen LogP contribution is -2.33. The molecule has 0 fully saturated rings. The topological polar surface area (TPSA) is 111 Å². The molecule has 1 atom stereocenters. The van der Waals surface area contributed by atoms with Gasteiger partial charge in [-0.1, -0.05) is 31.7 Å². The molecule has 1 amide bonds. The summed E-state index contributed by atoms with van der Waals surface area (Å²) in [6.45, 7) is 5.37. The van der Waals surface area contributed by atoms with E-state index in [2.05, 4.69) is 34.7 Å². The van der Waals surface area contributed by atoms with Crippen LogP contribution in [0.25, 0.3) is 5.69 Å². The van der Waals surface area contributed by atoms with Crippen LogP contribution in [0.2, 0.25) is 0 Å². The largest absolute Gasteiger partial charge is 0.508 e. The average molecular weight is 456 g/mol. The van der Waals surface area contributed by atoms with Gasteiger partial charge in [0.25, 0.3) is 0 Å². The van der Waals surface area contributed by atoms with E-state index in [0.29, 0.717) is 29.8 Å². The summed E-state index contributed by atoms with van der Waals surface area (Å²) in [5.41, 5.74) is 1.67. The van der Waals surface area contributed by atoms with Gasteiger partial charge in [-0.2, -0.15) is 4.68 Å². The fraction of sp³-hybridized carbons (Fsp3) is 0.364. The maximum Gasteiger partial charge on any atom is 0.230 e. The number of hydrogen-bond acceptors (Lipinski definition) is 8. The number of amides is 1. The minimum absolute atomic E-state index is 0.124. The zero-order valence-corrected chi connectivity index (χ0v) is 18.7. The number of aromatic hydroxyl groups is 1. The van der Waals surface area contributed by atoms with E-state index in [4.69, 9.17) is 9.47 Å². The Kier molecular flexibility index (Phi) is 6.79. The molecule has 0 spiro atoms. The van der Waals surface area contributed by atoms with Gasteiger partial charge in [0.15, 0.2) is 11.5 Å². The van der Waals surface area contributed by atoms with Gasteiger partial charge in [0.2, 0.25) is 11.1 Å². The third-order valence-electron chi connectivity index (χ3n) is 4.98. The minimum Gasteiger partial charge on any atom is -0.508 e. The Labute approximate surface area is 190 Å². The van der Waals surface area contributed by atoms with Crippen LogP contribution in [0.4, 0.5) is 0 Å². The Bertz CT molecular complexity index is 1070. The van der Waals surface area contributed by atoms with Crippen LogP contribution in [0.5, 0.6) is 17.2 Å². The minimum atomic E-state index is -0.173. The van der Waals surface area contributed by atoms with Gasteiger partial charge in [-0.25, -0.2) is 0 Å². The summed E-state index contributed by atoms with van der Waals surface area (Å²) < 4.78 is 13.0. The second-order valence-corrected chi connectivity index (χ2v) is 8.67. The first-order valence-corrected chi connectivity index (χ1v) is 11.4. The fourth-order valence-electron chi connectivity index (χ4n) is 3.38. The van der Waals surface area contributed by atoms with Crippen molar-refractivity contribution < 1.29 is 19.4 Å². The molecule has 1 aliphatic heterocycles. The number of carbonyl (C=O) groups is 1. The molecule has 0 radical (unpaired) electrons. The number of rotatable bonds is 7. The maximum absolute atomic E-state index is 12.8. The molecule has 1 aliphatic rings. The van der Waals surface area contributed by atoms with E-state index >= 15 is 0 Å². The van der Waals surface area contributed by atoms with Crippen LogP contribution < -0.4 is 14.8 Å². The second-order valence-electron chi connectivity index (χ2n) is 7.72. The molecule has 168 valence electrons. The van der Waals surface area contributed by atoms with Gasteiger partial charge in [0, 0.05) is 6.42 Å². The molecule has 0 bridgehead atoms. The van der Waals surface area contributed by atoms with Gasteiger partial charge >= 0.3 is 0 Å². The van der Waals surface area contributed by atoms with Crippen molar-refractivity contribution >= 4 is 17.7 Å². The van der Waals surface area contributed by atoms with Crippen molar-refractivity contribution in [3.05, 3.63) is 48.0 Å². The second kappa shape index (κ2) is 9.90. The van der Waals surface area contributed by atoms with Gasteiger partial charge in [-0.3, -0.25) is 4.79 Å². The lowest BCUT2D eigenvalue weighted by atomic mass is 9.95. The molecule has 3 aromatic rings. The highest BCUT2D eigenvalue weighted by Crippen LogP contribution is 2.34. The van der Waals surface area contributed by atoms with Crippen LogP contribution in [-0.4, -0.2) is 50.2 Å². The van der Waals surface area contributed by atoms with Gasteiger partial charge in [-0.05, 0) is 58.3 Å². The standard InChI is InChI=1S/C22H25N5O4S/c1-14(2)21(15-4-9-18-19(12-15)31-11-3-10-30-18)23-20(29)13-32-22-24-25-26-27(22)16-5-7-17(28)8-6-16/h4-9,12,14,21,28H,3,10-11,13H2,1-2H3,(H,23,29). The van der Waals surface area contributed by atoms with Crippen LogP contribution in [-0.2, 0) is 4.79 Å². The summed E-state index contributed by atoms with van der Waals surface area (Å²) >= 11 is 1.24. The number of phenolic OH excluding ortho intramolecular Hbond substituents is 1. The lowest BCUT2D eigenvalue weighted by molar-refractivity contribution is -0.119. The molecule has 2 aromatic carbocycles. The van der Waals surface area contributed by atoms with Gasteiger partial charge < -0.3 is 19.9 Å². The van der Waals surface area contributed by atoms with E-state index < -0.39 is 0 Å². The Morgan fingerprint density at radius 3 is 2.66 bits per heavy atom. The first-order chi connectivity index (χ1) is 15.5. The third kappa shape index (κ3) is 5.13. The highest BCUT2D eigenvalue weighted by molar-refractivity contribution is 7.99. The summed E-state index contributed by atoms with van der Waals surface area (Å²) in [6, 6.07) is 12.2. The van der Waals surface area contributed by atoms with Crippen molar-refractivity contribution in [1.82, 2.24) is 25.5 Å². The molecule has 0 saturated heterocycles. The Morgan fingerprint density at radius 2 is 1.91 bits per heavy atom. The van der Waals surface area contributed by atoms with Crippen LogP contribution in [0.1, 0.15) is 31.9 Å². The summed E-state index contributed by atoms with van der Waals surface area (Å²) in [4.78, 5) is 12.8. The fourth-order valence-corrected chi connectivity index (χ4v) is 4.08. The Hall–Kier alpha value is -3.27. The van der Waals surface area contributed by atoms with Gasteiger partial charge in [0.05, 0.1) is 30.7 Å². The summed E-state index contributed by atoms with van der Waals surface area (Å²) in [5.74, 6) is 1.81. The number of ether oxygens (including phenoxy) is 2. The molecule has 0 aliphatic carbocycles. The number of phenols is 1. The average Bonchev–Trinajstić information content (AvgIpc) is 3.13. The van der Waals surface area contributed by atoms with E-state index in [1.165, 1.54) is 16.4 Å². The number of hydrogen-bond donors (Lipinski definition) is 2. The molecular weight excluding hydrogens is 430 g/mol. The number of tetrazole rings is 1. The number of fused-ring (bicyclic) bond motifs is 1. The van der Waals surface area contributed by atoms with E-state index in [1.54, 1.807) is 24.3 Å². The van der Waals surface area contributed by atoms with E-state index in [-0.39, 0.29) is 29.4 Å². The number of thioether (sulfide) groups is 1. The molecular formula is C22H25N5O4S. The third-order valence-corrected chi connectivity index (χ3v) is 5.90. The molecule has 1 aromatic heterocycles. The Balaban J connectivity index is 1.42. The monoisotopic (exact) mass is 455 g/mol. The number of nitrogens with zero attached hydrogens (tertiary/aromatic N) is 4. The zero-order valence-electron chi connectivity index (χ0n) is 17.9. The summed E-state index contributed by atoms with van der Waals surface area (Å²) in [5, 5.41) is 24.8. The van der Waals surface area contributed by atoms with Crippen molar-refractivity contribution in [2.45, 2.75) is 31.5 Å². The van der Waals surface area contributed by atoms with Gasteiger partial charge in [0.1, 0.15) is 5.75 Å². The highest BCUT2D eigenvalue weighted by atomic mass is 32.2. The highest BCUT2D eigenvalue weighted by Gasteiger charge is 2.22. The molecule has 10 heteroatoms. The predicted molar refractivity (Wildman–Crippen MR) is 119 cm³/mol. The molecule has 2 heterocycles. The number of aromatic nitrogens is 4. The normalized spacial score (nSPS) is 14.1. The van der Waals surface area contributed by atoms with Crippen LogP contribution in [0, 0.1) is 5.92 Å². The summed E-state index contributed by atoms with van der Waals surface area (Å²) in [6.07, 6.45) is 0.842. The van der Waals surface area contributed by atoms with Crippen molar-refractivity contribution in [3.63, 3.8) is 0 Å². The van der Waals surface area contributed by atoms with Crippen molar-refractivity contribution in [3.8, 4) is 22.9 Å². The molecule has 1 unspecified atom stereocenters. The molecule has 4 rings (SSSR count). The van der Waals surface area contributed by atoms with Crippen molar-refractivity contribution in [2.24, 2.45) is 5.92 Å². The molecule has 9 nitrogen and oxygen atoms in total. The predicted octanol–water partition coefficient (Wildman–Crippen LogP) is 3.13. The first kappa shape index (κ1) is 21.9. The molecule has 2 N–H and O–H groups in total. The molecule has 32 heavy (non-hydrogen) atoms. The number of benzene rings is 2. The van der Waals surface area contributed by atoms with Crippen molar-refractivity contribution in [1.29, 1.82) is 0 Å². The van der Waals surface area contributed by atoms with Crippen molar-refractivity contribution in [2.75, 3.05) is 19.0 Å². The van der Waals surface area contributed by atoms with Crippen LogP contribution in [0.15, 0.2) is 47.6 Å². The first-order valence-electron chi connectivity index (χ1n) is 10.4. The smallest absolute Gasteiger partial charge is 0.230 e. The van der Waals surface area contributed by atoms with E-state index in [9.17, 15) is 9.90 Å². The lowest BCUT2D eigenvalue weighted by Gasteiger charge is -2.23. The zero-order chi connectivity index (χ0) is 22.5. The molecule has 0 saturated carbocycles. The van der Waals surface area contributed by atoms with E-state index in [1.807, 2.05) is 18.2 Å². The number of nitrogens with one attached hydrogen (secondary N) is 1. The van der Waals surface area contributed by atoms with Crippen LogP contribution in [0.3, 0.4) is 0 Å². The van der Waals surface area contributed by atoms with Gasteiger partial charge in [-0.15, -0.1) is 5.10 Å². The maximum atomic E-state index is 12.8. The number of carbonyl (C=O) groups excluding carboxylic acids is 1. The van der Waals surface area contributed by atoms with Crippen LogP contribution >= 0.6 is 11.8 Å². The quantitative estimate of drug-likeness (QED) is 0.523. The summed E-state index contributed by atoms with van der Waals surface area (Å²) in [7, 11) is 0. The SMILES string of the molecule is CC(C)C(NC(=O)CSc1nnnn1-c1ccc(O)cc1)c1ccc2c(c1)OCCCO2.